The lowest BCUT2D eigenvalue weighted by atomic mass is 10.2. The number of nitrogens with zero attached hydrogens (tertiary/aromatic N) is 2. The molecule has 0 aliphatic rings. The molecule has 0 fully saturated rings. The SMILES string of the molecule is N#CCSc1ccccc1NC(=O)COC(=O)COc1ccccc1C#N. The first-order valence-electron chi connectivity index (χ1n) is 7.80. The van der Waals surface area contributed by atoms with E-state index in [1.54, 1.807) is 48.5 Å². The fourth-order valence-electron chi connectivity index (χ4n) is 2.00. The van der Waals surface area contributed by atoms with E-state index >= 15 is 0 Å². The molecule has 1 amide bonds. The molecule has 0 saturated carbocycles. The maximum Gasteiger partial charge on any atom is 0.344 e. The molecule has 0 radical (unpaired) electrons. The average Bonchev–Trinajstić information content (AvgIpc) is 2.70. The van der Waals surface area contributed by atoms with Crippen molar-refractivity contribution in [1.29, 1.82) is 10.5 Å². The van der Waals surface area contributed by atoms with Gasteiger partial charge in [0.2, 0.25) is 0 Å². The summed E-state index contributed by atoms with van der Waals surface area (Å²) in [5.41, 5.74) is 0.840. The Morgan fingerprint density at radius 1 is 1.04 bits per heavy atom. The number of para-hydroxylation sites is 2. The highest BCUT2D eigenvalue weighted by molar-refractivity contribution is 7.99. The quantitative estimate of drug-likeness (QED) is 0.552. The molecule has 136 valence electrons. The first-order chi connectivity index (χ1) is 13.1. The minimum atomic E-state index is -0.731. The van der Waals surface area contributed by atoms with Crippen LogP contribution in [0, 0.1) is 22.7 Å². The van der Waals surface area contributed by atoms with Gasteiger partial charge in [0.15, 0.2) is 13.2 Å². The summed E-state index contributed by atoms with van der Waals surface area (Å²) in [6, 6.07) is 17.5. The van der Waals surface area contributed by atoms with E-state index in [0.717, 1.165) is 4.90 Å². The Kier molecular flexibility index (Phi) is 7.70. The maximum absolute atomic E-state index is 12.0. The fraction of sp³-hybridized carbons (Fsp3) is 0.158. The summed E-state index contributed by atoms with van der Waals surface area (Å²) in [7, 11) is 0. The van der Waals surface area contributed by atoms with Crippen molar-refractivity contribution in [3.8, 4) is 17.9 Å². The molecular formula is C19H15N3O4S. The molecule has 7 nitrogen and oxygen atoms in total. The van der Waals surface area contributed by atoms with E-state index in [1.807, 2.05) is 12.1 Å². The van der Waals surface area contributed by atoms with Gasteiger partial charge in [-0.1, -0.05) is 24.3 Å². The number of ether oxygens (including phenoxy) is 2. The Hall–Kier alpha value is -3.49. The molecule has 0 heterocycles. The Labute approximate surface area is 160 Å². The van der Waals surface area contributed by atoms with Gasteiger partial charge in [0.1, 0.15) is 11.8 Å². The molecule has 2 aromatic carbocycles. The molecule has 0 bridgehead atoms. The molecule has 27 heavy (non-hydrogen) atoms. The molecule has 0 saturated heterocycles. The molecule has 0 aliphatic carbocycles. The predicted molar refractivity (Wildman–Crippen MR) is 99.0 cm³/mol. The molecule has 0 atom stereocenters. The number of rotatable bonds is 8. The summed E-state index contributed by atoms with van der Waals surface area (Å²) in [4.78, 5) is 24.4. The Balaban J connectivity index is 1.81. The monoisotopic (exact) mass is 381 g/mol. The van der Waals surface area contributed by atoms with Crippen molar-refractivity contribution in [1.82, 2.24) is 0 Å². The average molecular weight is 381 g/mol. The second-order valence-electron chi connectivity index (χ2n) is 5.05. The minimum Gasteiger partial charge on any atom is -0.481 e. The Morgan fingerprint density at radius 3 is 2.56 bits per heavy atom. The van der Waals surface area contributed by atoms with Crippen LogP contribution in [0.3, 0.4) is 0 Å². The van der Waals surface area contributed by atoms with Gasteiger partial charge >= 0.3 is 5.97 Å². The lowest BCUT2D eigenvalue weighted by molar-refractivity contribution is -0.149. The van der Waals surface area contributed by atoms with Gasteiger partial charge in [0.05, 0.1) is 23.1 Å². The van der Waals surface area contributed by atoms with E-state index in [9.17, 15) is 9.59 Å². The lowest BCUT2D eigenvalue weighted by Crippen LogP contribution is -2.24. The van der Waals surface area contributed by atoms with Crippen LogP contribution in [-0.2, 0) is 14.3 Å². The van der Waals surface area contributed by atoms with Crippen molar-refractivity contribution in [3.05, 3.63) is 54.1 Å². The van der Waals surface area contributed by atoms with Gasteiger partial charge in [-0.3, -0.25) is 4.79 Å². The summed E-state index contributed by atoms with van der Waals surface area (Å²) in [6.07, 6.45) is 0. The number of benzene rings is 2. The first kappa shape index (κ1) is 19.8. The summed E-state index contributed by atoms with van der Waals surface area (Å²) in [5, 5.41) is 20.3. The number of anilines is 1. The van der Waals surface area contributed by atoms with Crippen molar-refractivity contribution < 1.29 is 19.1 Å². The second kappa shape index (κ2) is 10.5. The number of thioether (sulfide) groups is 1. The van der Waals surface area contributed by atoms with Crippen molar-refractivity contribution in [2.24, 2.45) is 0 Å². The highest BCUT2D eigenvalue weighted by Gasteiger charge is 2.12. The Bertz CT molecular complexity index is 902. The summed E-state index contributed by atoms with van der Waals surface area (Å²) in [5.74, 6) is -0.718. The molecular weight excluding hydrogens is 366 g/mol. The number of carbonyl (C=O) groups excluding carboxylic acids is 2. The van der Waals surface area contributed by atoms with E-state index in [0.29, 0.717) is 11.3 Å². The molecule has 0 aliphatic heterocycles. The number of hydrogen-bond acceptors (Lipinski definition) is 7. The largest absolute Gasteiger partial charge is 0.481 e. The number of carbonyl (C=O) groups is 2. The van der Waals surface area contributed by atoms with Gasteiger partial charge in [0, 0.05) is 4.90 Å². The number of hydrogen-bond donors (Lipinski definition) is 1. The smallest absolute Gasteiger partial charge is 0.344 e. The predicted octanol–water partition coefficient (Wildman–Crippen LogP) is 2.73. The van der Waals surface area contributed by atoms with Crippen molar-refractivity contribution in [2.45, 2.75) is 4.90 Å². The zero-order valence-corrected chi connectivity index (χ0v) is 15.0. The standard InChI is InChI=1S/C19H15N3O4S/c20-9-10-27-17-8-4-2-6-15(17)22-18(23)12-26-19(24)13-25-16-7-3-1-5-14(16)11-21/h1-8H,10,12-13H2,(H,22,23). The summed E-state index contributed by atoms with van der Waals surface area (Å²) in [6.45, 7) is -0.889. The van der Waals surface area contributed by atoms with Crippen LogP contribution < -0.4 is 10.1 Å². The molecule has 0 unspecified atom stereocenters. The molecule has 8 heteroatoms. The highest BCUT2D eigenvalue weighted by Crippen LogP contribution is 2.26. The van der Waals surface area contributed by atoms with Gasteiger partial charge in [-0.05, 0) is 24.3 Å². The lowest BCUT2D eigenvalue weighted by Gasteiger charge is -2.10. The normalized spacial score (nSPS) is 9.56. The van der Waals surface area contributed by atoms with E-state index in [4.69, 9.17) is 20.0 Å². The van der Waals surface area contributed by atoms with Gasteiger partial charge in [0.25, 0.3) is 5.91 Å². The van der Waals surface area contributed by atoms with Crippen molar-refractivity contribution in [3.63, 3.8) is 0 Å². The third kappa shape index (κ3) is 6.38. The summed E-state index contributed by atoms with van der Waals surface area (Å²) < 4.78 is 10.1. The topological polar surface area (TPSA) is 112 Å². The number of nitriles is 2. The first-order valence-corrected chi connectivity index (χ1v) is 8.78. The van der Waals surface area contributed by atoms with Crippen LogP contribution in [0.1, 0.15) is 5.56 Å². The molecule has 2 aromatic rings. The van der Waals surface area contributed by atoms with E-state index in [1.165, 1.54) is 11.8 Å². The maximum atomic E-state index is 12.0. The van der Waals surface area contributed by atoms with E-state index in [-0.39, 0.29) is 11.5 Å². The van der Waals surface area contributed by atoms with Crippen LogP contribution in [0.4, 0.5) is 5.69 Å². The fourth-order valence-corrected chi connectivity index (χ4v) is 2.67. The number of amides is 1. The molecule has 2 rings (SSSR count). The van der Waals surface area contributed by atoms with Crippen LogP contribution in [0.15, 0.2) is 53.4 Å². The molecule has 0 aromatic heterocycles. The van der Waals surface area contributed by atoms with Crippen LogP contribution in [0.25, 0.3) is 0 Å². The highest BCUT2D eigenvalue weighted by atomic mass is 32.2. The zero-order valence-electron chi connectivity index (χ0n) is 14.2. The van der Waals surface area contributed by atoms with E-state index < -0.39 is 25.1 Å². The van der Waals surface area contributed by atoms with Crippen LogP contribution in [-0.4, -0.2) is 30.8 Å². The molecule has 1 N–H and O–H groups in total. The van der Waals surface area contributed by atoms with Crippen LogP contribution >= 0.6 is 11.8 Å². The Morgan fingerprint density at radius 2 is 1.78 bits per heavy atom. The minimum absolute atomic E-state index is 0.253. The third-order valence-corrected chi connectivity index (χ3v) is 4.11. The van der Waals surface area contributed by atoms with E-state index in [2.05, 4.69) is 5.32 Å². The number of esters is 1. The van der Waals surface area contributed by atoms with Crippen molar-refractivity contribution >= 4 is 29.3 Å². The second-order valence-corrected chi connectivity index (χ2v) is 6.07. The van der Waals surface area contributed by atoms with Gasteiger partial charge in [-0.15, -0.1) is 11.8 Å². The summed E-state index contributed by atoms with van der Waals surface area (Å²) >= 11 is 1.29. The van der Waals surface area contributed by atoms with Gasteiger partial charge in [-0.25, -0.2) is 4.79 Å². The third-order valence-electron chi connectivity index (χ3n) is 3.17. The van der Waals surface area contributed by atoms with Crippen LogP contribution in [0.5, 0.6) is 5.75 Å². The molecule has 0 spiro atoms. The zero-order chi connectivity index (χ0) is 19.5. The van der Waals surface area contributed by atoms with Gasteiger partial charge < -0.3 is 14.8 Å². The number of nitrogens with one attached hydrogen (secondary N) is 1. The van der Waals surface area contributed by atoms with Gasteiger partial charge in [-0.2, -0.15) is 10.5 Å². The van der Waals surface area contributed by atoms with Crippen molar-refractivity contribution in [2.75, 3.05) is 24.3 Å². The van der Waals surface area contributed by atoms with Crippen LogP contribution in [0.2, 0.25) is 0 Å².